The molecule has 118 valence electrons. The lowest BCUT2D eigenvalue weighted by molar-refractivity contribution is 0.0956. The standard InChI is InChI=1S/C16H17N5OS/c1-21-10-8-18-16(21)23-11-9-17-15(22)13-4-2-12(3-5-13)14-6-7-19-20-14/h2-8,10H,9,11H2,1H3,(H,17,22)(H,19,20). The summed E-state index contributed by atoms with van der Waals surface area (Å²) in [4.78, 5) is 16.3. The van der Waals surface area contributed by atoms with E-state index in [4.69, 9.17) is 0 Å². The predicted octanol–water partition coefficient (Wildman–Crippen LogP) is 2.33. The number of aryl methyl sites for hydroxylation is 1. The molecule has 0 aliphatic heterocycles. The molecule has 7 heteroatoms. The van der Waals surface area contributed by atoms with Gasteiger partial charge in [0.25, 0.3) is 5.91 Å². The number of hydrogen-bond acceptors (Lipinski definition) is 4. The summed E-state index contributed by atoms with van der Waals surface area (Å²) < 4.78 is 1.96. The summed E-state index contributed by atoms with van der Waals surface area (Å²) in [5.41, 5.74) is 2.59. The predicted molar refractivity (Wildman–Crippen MR) is 90.3 cm³/mol. The number of thioether (sulfide) groups is 1. The number of hydrogen-bond donors (Lipinski definition) is 2. The minimum atomic E-state index is -0.0680. The number of imidazole rings is 1. The molecule has 1 amide bonds. The summed E-state index contributed by atoms with van der Waals surface area (Å²) in [7, 11) is 1.95. The average molecular weight is 327 g/mol. The molecule has 0 spiro atoms. The molecule has 2 aromatic heterocycles. The van der Waals surface area contributed by atoms with E-state index in [1.807, 2.05) is 48.1 Å². The van der Waals surface area contributed by atoms with Crippen LogP contribution in [-0.4, -0.2) is 38.0 Å². The second kappa shape index (κ2) is 7.15. The molecule has 0 bridgehead atoms. The van der Waals surface area contributed by atoms with Crippen LogP contribution in [0.25, 0.3) is 11.3 Å². The van der Waals surface area contributed by atoms with Crippen LogP contribution in [0.1, 0.15) is 10.4 Å². The molecule has 0 saturated heterocycles. The van der Waals surface area contributed by atoms with Gasteiger partial charge in [-0.1, -0.05) is 23.9 Å². The molecule has 0 saturated carbocycles. The van der Waals surface area contributed by atoms with Crippen LogP contribution in [-0.2, 0) is 7.05 Å². The smallest absolute Gasteiger partial charge is 0.251 e. The van der Waals surface area contributed by atoms with Gasteiger partial charge in [-0.3, -0.25) is 9.89 Å². The highest BCUT2D eigenvalue weighted by Gasteiger charge is 2.06. The maximum Gasteiger partial charge on any atom is 0.251 e. The molecule has 0 radical (unpaired) electrons. The lowest BCUT2D eigenvalue weighted by Crippen LogP contribution is -2.25. The Balaban J connectivity index is 1.49. The molecule has 2 N–H and O–H groups in total. The molecule has 0 unspecified atom stereocenters. The van der Waals surface area contributed by atoms with Crippen LogP contribution in [0.15, 0.2) is 54.1 Å². The van der Waals surface area contributed by atoms with Crippen LogP contribution in [0.5, 0.6) is 0 Å². The molecule has 1 aromatic carbocycles. The average Bonchev–Trinajstić information content (AvgIpc) is 3.23. The van der Waals surface area contributed by atoms with Crippen molar-refractivity contribution in [2.24, 2.45) is 7.05 Å². The third-order valence-electron chi connectivity index (χ3n) is 3.35. The monoisotopic (exact) mass is 327 g/mol. The van der Waals surface area contributed by atoms with Gasteiger partial charge in [0.1, 0.15) is 0 Å². The molecule has 0 aliphatic carbocycles. The van der Waals surface area contributed by atoms with E-state index in [1.54, 1.807) is 24.2 Å². The molecule has 0 atom stereocenters. The van der Waals surface area contributed by atoms with E-state index in [0.717, 1.165) is 22.2 Å². The minimum absolute atomic E-state index is 0.0680. The van der Waals surface area contributed by atoms with Gasteiger partial charge in [0.2, 0.25) is 0 Å². The second-order valence-corrected chi connectivity index (χ2v) is 6.03. The van der Waals surface area contributed by atoms with E-state index in [-0.39, 0.29) is 5.91 Å². The Bertz CT molecular complexity index is 764. The Hall–Kier alpha value is -2.54. The van der Waals surface area contributed by atoms with Crippen LogP contribution >= 0.6 is 11.8 Å². The van der Waals surface area contributed by atoms with E-state index < -0.39 is 0 Å². The highest BCUT2D eigenvalue weighted by Crippen LogP contribution is 2.17. The first kappa shape index (κ1) is 15.4. The van der Waals surface area contributed by atoms with Crippen LogP contribution < -0.4 is 5.32 Å². The van der Waals surface area contributed by atoms with Crippen molar-refractivity contribution >= 4 is 17.7 Å². The molecular weight excluding hydrogens is 310 g/mol. The summed E-state index contributed by atoms with van der Waals surface area (Å²) >= 11 is 1.62. The Morgan fingerprint density at radius 2 is 2.09 bits per heavy atom. The summed E-state index contributed by atoms with van der Waals surface area (Å²) in [5.74, 6) is 0.713. The normalized spacial score (nSPS) is 10.7. The van der Waals surface area contributed by atoms with Crippen molar-refractivity contribution in [2.45, 2.75) is 5.16 Å². The first-order chi connectivity index (χ1) is 11.2. The number of aromatic nitrogens is 4. The highest BCUT2D eigenvalue weighted by atomic mass is 32.2. The van der Waals surface area contributed by atoms with Gasteiger partial charge in [-0.2, -0.15) is 5.10 Å². The van der Waals surface area contributed by atoms with Gasteiger partial charge in [-0.05, 0) is 23.8 Å². The molecular formula is C16H17N5OS. The number of rotatable bonds is 6. The van der Waals surface area contributed by atoms with Gasteiger partial charge < -0.3 is 9.88 Å². The van der Waals surface area contributed by atoms with Gasteiger partial charge in [0, 0.05) is 43.5 Å². The number of aromatic amines is 1. The van der Waals surface area contributed by atoms with Gasteiger partial charge in [0.05, 0.1) is 5.69 Å². The fraction of sp³-hybridized carbons (Fsp3) is 0.188. The summed E-state index contributed by atoms with van der Waals surface area (Å²) in [6, 6.07) is 9.34. The van der Waals surface area contributed by atoms with E-state index in [9.17, 15) is 4.79 Å². The Morgan fingerprint density at radius 3 is 2.74 bits per heavy atom. The van der Waals surface area contributed by atoms with Crippen molar-refractivity contribution in [1.29, 1.82) is 0 Å². The Kier molecular flexibility index (Phi) is 4.77. The second-order valence-electron chi connectivity index (χ2n) is 4.97. The number of H-pyrrole nitrogens is 1. The number of nitrogens with one attached hydrogen (secondary N) is 2. The zero-order valence-corrected chi connectivity index (χ0v) is 13.5. The largest absolute Gasteiger partial charge is 0.351 e. The summed E-state index contributed by atoms with van der Waals surface area (Å²) in [6.45, 7) is 0.596. The fourth-order valence-electron chi connectivity index (χ4n) is 2.12. The number of carbonyl (C=O) groups is 1. The van der Waals surface area contributed by atoms with Crippen molar-refractivity contribution in [1.82, 2.24) is 25.1 Å². The van der Waals surface area contributed by atoms with Crippen molar-refractivity contribution < 1.29 is 4.79 Å². The third kappa shape index (κ3) is 3.81. The lowest BCUT2D eigenvalue weighted by Gasteiger charge is -2.06. The van der Waals surface area contributed by atoms with Gasteiger partial charge >= 0.3 is 0 Å². The number of benzene rings is 1. The van der Waals surface area contributed by atoms with Crippen molar-refractivity contribution in [3.8, 4) is 11.3 Å². The Morgan fingerprint density at radius 1 is 1.26 bits per heavy atom. The maximum absolute atomic E-state index is 12.1. The van der Waals surface area contributed by atoms with Crippen molar-refractivity contribution in [2.75, 3.05) is 12.3 Å². The molecule has 6 nitrogen and oxygen atoms in total. The molecule has 0 fully saturated rings. The molecule has 2 heterocycles. The fourth-order valence-corrected chi connectivity index (χ4v) is 2.90. The van der Waals surface area contributed by atoms with Crippen LogP contribution in [0.3, 0.4) is 0 Å². The SMILES string of the molecule is Cn1ccnc1SCCNC(=O)c1ccc(-c2ccn[nH]2)cc1. The number of amides is 1. The Labute approximate surface area is 138 Å². The van der Waals surface area contributed by atoms with Crippen molar-refractivity contribution in [3.63, 3.8) is 0 Å². The first-order valence-corrected chi connectivity index (χ1v) is 8.21. The first-order valence-electron chi connectivity index (χ1n) is 7.22. The van der Waals surface area contributed by atoms with Crippen molar-refractivity contribution in [3.05, 3.63) is 54.5 Å². The zero-order chi connectivity index (χ0) is 16.1. The van der Waals surface area contributed by atoms with Gasteiger partial charge in [-0.25, -0.2) is 4.98 Å². The number of carbonyl (C=O) groups excluding carboxylic acids is 1. The summed E-state index contributed by atoms with van der Waals surface area (Å²) in [6.07, 6.45) is 5.37. The number of nitrogens with zero attached hydrogens (tertiary/aromatic N) is 3. The van der Waals surface area contributed by atoms with Gasteiger partial charge in [-0.15, -0.1) is 0 Å². The maximum atomic E-state index is 12.1. The minimum Gasteiger partial charge on any atom is -0.351 e. The topological polar surface area (TPSA) is 75.6 Å². The van der Waals surface area contributed by atoms with E-state index >= 15 is 0 Å². The zero-order valence-electron chi connectivity index (χ0n) is 12.7. The van der Waals surface area contributed by atoms with Crippen LogP contribution in [0, 0.1) is 0 Å². The molecule has 23 heavy (non-hydrogen) atoms. The molecule has 3 aromatic rings. The van der Waals surface area contributed by atoms with Gasteiger partial charge in [0.15, 0.2) is 5.16 Å². The molecule has 3 rings (SSSR count). The van der Waals surface area contributed by atoms with E-state index in [1.165, 1.54) is 0 Å². The van der Waals surface area contributed by atoms with E-state index in [0.29, 0.717) is 12.1 Å². The van der Waals surface area contributed by atoms with Crippen LogP contribution in [0.4, 0.5) is 0 Å². The lowest BCUT2D eigenvalue weighted by atomic mass is 10.1. The third-order valence-corrected chi connectivity index (χ3v) is 4.41. The van der Waals surface area contributed by atoms with Crippen LogP contribution in [0.2, 0.25) is 0 Å². The molecule has 0 aliphatic rings. The summed E-state index contributed by atoms with van der Waals surface area (Å²) in [5, 5.41) is 10.7. The quantitative estimate of drug-likeness (QED) is 0.538. The highest BCUT2D eigenvalue weighted by molar-refractivity contribution is 7.99. The van der Waals surface area contributed by atoms with E-state index in [2.05, 4.69) is 20.5 Å².